The average Bonchev–Trinajstić information content (AvgIpc) is 3.57. The van der Waals surface area contributed by atoms with Gasteiger partial charge in [0.25, 0.3) is 6.47 Å². The largest absolute Gasteiger partial charge is 0.494 e. The Morgan fingerprint density at radius 3 is 2.20 bits per heavy atom. The molecule has 3 aromatic carbocycles. The Balaban J connectivity index is 1.03. The number of esters is 3. The Labute approximate surface area is 300 Å². The first kappa shape index (κ1) is 37.0. The summed E-state index contributed by atoms with van der Waals surface area (Å²) >= 11 is 1.50. The molecule has 2 N–H and O–H groups in total. The van der Waals surface area contributed by atoms with Crippen LogP contribution < -0.4 is 29.8 Å². The molecule has 13 heteroatoms. The minimum absolute atomic E-state index is 0.248. The quantitative estimate of drug-likeness (QED) is 0.0259. The second-order valence-electron chi connectivity index (χ2n) is 11.9. The minimum Gasteiger partial charge on any atom is -0.494 e. The zero-order valence-corrected chi connectivity index (χ0v) is 29.0. The summed E-state index contributed by atoms with van der Waals surface area (Å²) in [7, 11) is 0. The van der Waals surface area contributed by atoms with Crippen molar-refractivity contribution in [1.82, 2.24) is 10.4 Å². The van der Waals surface area contributed by atoms with Gasteiger partial charge in [-0.05, 0) is 106 Å². The van der Waals surface area contributed by atoms with Crippen molar-refractivity contribution in [2.24, 2.45) is 11.8 Å². The van der Waals surface area contributed by atoms with Gasteiger partial charge in [0.2, 0.25) is 0 Å². The number of hydrogen-bond donors (Lipinski definition) is 2. The van der Waals surface area contributed by atoms with E-state index in [1.54, 1.807) is 42.5 Å². The molecule has 0 atom stereocenters. The van der Waals surface area contributed by atoms with E-state index in [0.29, 0.717) is 79.1 Å². The molecule has 0 aliphatic heterocycles. The molecule has 0 bridgehead atoms. The first-order valence-electron chi connectivity index (χ1n) is 16.9. The van der Waals surface area contributed by atoms with Crippen molar-refractivity contribution in [3.05, 3.63) is 84.9 Å². The lowest BCUT2D eigenvalue weighted by atomic mass is 9.82. The van der Waals surface area contributed by atoms with Gasteiger partial charge in [0.1, 0.15) is 23.0 Å². The fourth-order valence-electron chi connectivity index (χ4n) is 5.60. The molecule has 0 spiro atoms. The number of para-hydroxylation sites is 1. The van der Waals surface area contributed by atoms with Gasteiger partial charge in [0.15, 0.2) is 5.13 Å². The van der Waals surface area contributed by atoms with Gasteiger partial charge in [-0.3, -0.25) is 19.8 Å². The molecule has 1 aliphatic rings. The number of aromatic nitrogens is 1. The minimum atomic E-state index is -0.402. The molecule has 12 nitrogen and oxygen atoms in total. The summed E-state index contributed by atoms with van der Waals surface area (Å²) in [6.07, 6.45) is 6.70. The molecule has 1 heterocycles. The van der Waals surface area contributed by atoms with E-state index in [-0.39, 0.29) is 30.3 Å². The van der Waals surface area contributed by atoms with Crippen LogP contribution in [-0.2, 0) is 30.5 Å². The van der Waals surface area contributed by atoms with Crippen LogP contribution in [0, 0.1) is 11.8 Å². The maximum Gasteiger partial charge on any atom is 0.330 e. The molecule has 0 radical (unpaired) electrons. The zero-order valence-electron chi connectivity index (χ0n) is 28.2. The monoisotopic (exact) mass is 715 g/mol. The number of nitrogens with zero attached hydrogens (tertiary/aromatic N) is 1. The number of anilines is 1. The Hall–Kier alpha value is -5.27. The number of carbonyl (C=O) groups excluding carboxylic acids is 4. The molecule has 51 heavy (non-hydrogen) atoms. The summed E-state index contributed by atoms with van der Waals surface area (Å²) in [5.74, 6) is -0.0189. The molecule has 0 unspecified atom stereocenters. The predicted octanol–water partition coefficient (Wildman–Crippen LogP) is 6.93. The lowest BCUT2D eigenvalue weighted by molar-refractivity contribution is -0.145. The average molecular weight is 716 g/mol. The molecule has 0 amide bonds. The van der Waals surface area contributed by atoms with Gasteiger partial charge < -0.3 is 23.7 Å². The molecule has 268 valence electrons. The topological polar surface area (TPSA) is 151 Å². The van der Waals surface area contributed by atoms with Crippen molar-refractivity contribution < 1.29 is 42.9 Å². The highest BCUT2D eigenvalue weighted by Crippen LogP contribution is 2.33. The first-order chi connectivity index (χ1) is 24.9. The molecular formula is C38H41N3O9S. The molecule has 0 saturated heterocycles. The van der Waals surface area contributed by atoms with Crippen LogP contribution in [-0.4, -0.2) is 42.6 Å². The van der Waals surface area contributed by atoms with Crippen LogP contribution in [0.4, 0.5) is 5.13 Å². The van der Waals surface area contributed by atoms with Gasteiger partial charge in [-0.2, -0.15) is 0 Å². The predicted molar refractivity (Wildman–Crippen MR) is 191 cm³/mol. The van der Waals surface area contributed by atoms with Crippen LogP contribution in [0.1, 0.15) is 56.9 Å². The molecule has 5 rings (SSSR count). The molecule has 4 aromatic rings. The number of nitrogens with one attached hydrogen (secondary N) is 2. The van der Waals surface area contributed by atoms with Crippen molar-refractivity contribution in [2.75, 3.05) is 18.6 Å². The summed E-state index contributed by atoms with van der Waals surface area (Å²) in [6, 6.07) is 19.5. The van der Waals surface area contributed by atoms with Crippen LogP contribution in [0.25, 0.3) is 10.2 Å². The van der Waals surface area contributed by atoms with E-state index < -0.39 is 5.97 Å². The van der Waals surface area contributed by atoms with Crippen LogP contribution in [0.3, 0.4) is 0 Å². The fourth-order valence-corrected chi connectivity index (χ4v) is 6.44. The Morgan fingerprint density at radius 2 is 1.49 bits per heavy atom. The van der Waals surface area contributed by atoms with Gasteiger partial charge in [-0.1, -0.05) is 30.0 Å². The van der Waals surface area contributed by atoms with E-state index in [1.807, 2.05) is 24.3 Å². The van der Waals surface area contributed by atoms with Crippen LogP contribution in [0.2, 0.25) is 0 Å². The van der Waals surface area contributed by atoms with E-state index in [0.717, 1.165) is 42.0 Å². The van der Waals surface area contributed by atoms with E-state index in [4.69, 9.17) is 23.7 Å². The van der Waals surface area contributed by atoms with Gasteiger partial charge in [0, 0.05) is 18.2 Å². The third-order valence-corrected chi connectivity index (χ3v) is 9.30. The summed E-state index contributed by atoms with van der Waals surface area (Å²) < 4.78 is 28.3. The van der Waals surface area contributed by atoms with Gasteiger partial charge in [-0.15, -0.1) is 0 Å². The number of benzene rings is 3. The van der Waals surface area contributed by atoms with E-state index in [1.165, 1.54) is 11.3 Å². The third-order valence-electron chi connectivity index (χ3n) is 8.35. The maximum atomic E-state index is 13.2. The summed E-state index contributed by atoms with van der Waals surface area (Å²) in [5.41, 5.74) is 7.66. The normalized spacial score (nSPS) is 15.4. The number of thiazole rings is 1. The summed E-state index contributed by atoms with van der Waals surface area (Å²) in [6.45, 7) is 4.90. The molecule has 1 saturated carbocycles. The standard InChI is InChI=1S/C38H41N3O9S/c1-2-35(43)47-22-8-4-3-7-21-46-29-15-17-30(18-16-29)49-36(44)26-11-13-27(14-12-26)37(45)50-33-20-19-31(48-25-42)23-28(33)24-39-41-38-40-32-9-5-6-10-34(32)51-38/h2,5-6,9-10,15-20,23,25-27,39H,1,3-4,7-8,11-14,21-22,24H2,(H,40,41). The second kappa shape index (κ2) is 19.2. The Kier molecular flexibility index (Phi) is 13.9. The molecule has 1 aliphatic carbocycles. The van der Waals surface area contributed by atoms with Crippen molar-refractivity contribution in [3.63, 3.8) is 0 Å². The highest BCUT2D eigenvalue weighted by atomic mass is 32.1. The molecule has 1 fully saturated rings. The zero-order chi connectivity index (χ0) is 35.8. The van der Waals surface area contributed by atoms with Gasteiger partial charge in [-0.25, -0.2) is 15.2 Å². The Bertz CT molecular complexity index is 1750. The van der Waals surface area contributed by atoms with Crippen LogP contribution >= 0.6 is 11.3 Å². The number of rotatable bonds is 19. The number of ether oxygens (including phenoxy) is 5. The highest BCUT2D eigenvalue weighted by molar-refractivity contribution is 7.22. The Morgan fingerprint density at radius 1 is 0.824 bits per heavy atom. The number of unbranched alkanes of at least 4 members (excludes halogenated alkanes) is 3. The van der Waals surface area contributed by atoms with Crippen molar-refractivity contribution in [3.8, 4) is 23.0 Å². The number of fused-ring (bicyclic) bond motifs is 1. The maximum absolute atomic E-state index is 13.2. The van der Waals surface area contributed by atoms with Gasteiger partial charge in [0.05, 0.1) is 35.3 Å². The SMILES string of the molecule is C=CC(=O)OCCCCCCOc1ccc(OC(=O)C2CCC(C(=O)Oc3ccc(OC=O)cc3CNNc3nc4ccccc4s3)CC2)cc1. The smallest absolute Gasteiger partial charge is 0.330 e. The van der Waals surface area contributed by atoms with Crippen LogP contribution in [0.5, 0.6) is 23.0 Å². The first-order valence-corrected chi connectivity index (χ1v) is 17.8. The third kappa shape index (κ3) is 11.4. The number of hydrogen-bond acceptors (Lipinski definition) is 13. The number of carbonyl (C=O) groups is 4. The lowest BCUT2D eigenvalue weighted by Gasteiger charge is -2.26. The van der Waals surface area contributed by atoms with E-state index in [9.17, 15) is 19.2 Å². The lowest BCUT2D eigenvalue weighted by Crippen LogP contribution is -2.30. The summed E-state index contributed by atoms with van der Waals surface area (Å²) in [5, 5.41) is 0.679. The highest BCUT2D eigenvalue weighted by Gasteiger charge is 2.32. The number of hydrazine groups is 1. The van der Waals surface area contributed by atoms with Crippen molar-refractivity contribution in [2.45, 2.75) is 57.9 Å². The van der Waals surface area contributed by atoms with Crippen molar-refractivity contribution in [1.29, 1.82) is 0 Å². The van der Waals surface area contributed by atoms with E-state index >= 15 is 0 Å². The van der Waals surface area contributed by atoms with Gasteiger partial charge >= 0.3 is 17.9 Å². The van der Waals surface area contributed by atoms with Crippen LogP contribution in [0.15, 0.2) is 79.4 Å². The van der Waals surface area contributed by atoms with Crippen molar-refractivity contribution >= 4 is 51.1 Å². The molecular weight excluding hydrogens is 674 g/mol. The van der Waals surface area contributed by atoms with E-state index in [2.05, 4.69) is 22.4 Å². The fraction of sp³-hybridized carbons (Fsp3) is 0.342. The second-order valence-corrected chi connectivity index (χ2v) is 13.0. The molecule has 1 aromatic heterocycles. The summed E-state index contributed by atoms with van der Waals surface area (Å²) in [4.78, 5) is 52.6.